The quantitative estimate of drug-likeness (QED) is 0.843. The molecule has 0 amide bonds. The number of rotatable bonds is 5. The first kappa shape index (κ1) is 13.8. The molecule has 1 aromatic carbocycles. The van der Waals surface area contributed by atoms with Crippen molar-refractivity contribution in [3.05, 3.63) is 28.8 Å². The van der Waals surface area contributed by atoms with Gasteiger partial charge in [0.25, 0.3) is 0 Å². The lowest BCUT2D eigenvalue weighted by Crippen LogP contribution is -1.90. The van der Waals surface area contributed by atoms with Gasteiger partial charge < -0.3 is 9.47 Å². The maximum absolute atomic E-state index is 5.36. The summed E-state index contributed by atoms with van der Waals surface area (Å²) in [6.45, 7) is 0. The third-order valence-corrected chi connectivity index (χ3v) is 5.12. The number of thiol groups is 1. The fourth-order valence-corrected chi connectivity index (χ4v) is 3.60. The maximum atomic E-state index is 5.36. The third-order valence-electron chi connectivity index (χ3n) is 3.47. The van der Waals surface area contributed by atoms with Crippen LogP contribution in [-0.2, 0) is 5.75 Å². The standard InChI is InChI=1S/C15H17NO2S2/c1-17-11-6-5-10(7-12(11)18-2)15-16-14(9-3-4-9)13(8-19)20-15/h5-7,9,19H,3-4,8H2,1-2H3. The van der Waals surface area contributed by atoms with Crippen LogP contribution < -0.4 is 9.47 Å². The van der Waals surface area contributed by atoms with Gasteiger partial charge >= 0.3 is 0 Å². The van der Waals surface area contributed by atoms with Crippen LogP contribution in [0.25, 0.3) is 10.6 Å². The van der Waals surface area contributed by atoms with E-state index >= 15 is 0 Å². The first-order valence-corrected chi connectivity index (χ1v) is 8.04. The van der Waals surface area contributed by atoms with E-state index < -0.39 is 0 Å². The lowest BCUT2D eigenvalue weighted by atomic mass is 10.2. The minimum Gasteiger partial charge on any atom is -0.493 e. The van der Waals surface area contributed by atoms with Crippen LogP contribution in [0, 0.1) is 0 Å². The van der Waals surface area contributed by atoms with Crippen molar-refractivity contribution in [2.24, 2.45) is 0 Å². The largest absolute Gasteiger partial charge is 0.493 e. The summed E-state index contributed by atoms with van der Waals surface area (Å²) in [5, 5.41) is 1.04. The van der Waals surface area contributed by atoms with Crippen LogP contribution in [0.5, 0.6) is 11.5 Å². The van der Waals surface area contributed by atoms with E-state index in [4.69, 9.17) is 14.5 Å². The second kappa shape index (κ2) is 5.66. The highest BCUT2D eigenvalue weighted by atomic mass is 32.1. The van der Waals surface area contributed by atoms with Gasteiger partial charge in [0.15, 0.2) is 11.5 Å². The van der Waals surface area contributed by atoms with Crippen molar-refractivity contribution in [1.82, 2.24) is 4.98 Å². The molecule has 106 valence electrons. The van der Waals surface area contributed by atoms with Crippen LogP contribution in [0.15, 0.2) is 18.2 Å². The fourth-order valence-electron chi connectivity index (χ4n) is 2.25. The van der Waals surface area contributed by atoms with Crippen LogP contribution >= 0.6 is 24.0 Å². The first-order valence-electron chi connectivity index (χ1n) is 6.59. The van der Waals surface area contributed by atoms with Crippen molar-refractivity contribution >= 4 is 24.0 Å². The predicted octanol–water partition coefficient (Wildman–Crippen LogP) is 4.13. The topological polar surface area (TPSA) is 31.4 Å². The summed E-state index contributed by atoms with van der Waals surface area (Å²) in [5.74, 6) is 2.89. The Balaban J connectivity index is 2.00. The number of benzene rings is 1. The van der Waals surface area contributed by atoms with E-state index in [0.717, 1.165) is 27.8 Å². The molecule has 0 bridgehead atoms. The Morgan fingerprint density at radius 2 is 2.00 bits per heavy atom. The van der Waals surface area contributed by atoms with Crippen LogP contribution in [0.1, 0.15) is 29.3 Å². The monoisotopic (exact) mass is 307 g/mol. The zero-order valence-electron chi connectivity index (χ0n) is 11.5. The molecule has 1 fully saturated rings. The van der Waals surface area contributed by atoms with Crippen molar-refractivity contribution < 1.29 is 9.47 Å². The number of aromatic nitrogens is 1. The molecular weight excluding hydrogens is 290 g/mol. The van der Waals surface area contributed by atoms with E-state index in [9.17, 15) is 0 Å². The normalized spacial score (nSPS) is 14.3. The molecule has 3 rings (SSSR count). The molecule has 1 aliphatic rings. The molecule has 0 spiro atoms. The van der Waals surface area contributed by atoms with E-state index in [2.05, 4.69) is 12.6 Å². The summed E-state index contributed by atoms with van der Waals surface area (Å²) in [6, 6.07) is 5.93. The maximum Gasteiger partial charge on any atom is 0.161 e. The van der Waals surface area contributed by atoms with E-state index in [0.29, 0.717) is 5.92 Å². The van der Waals surface area contributed by atoms with E-state index in [1.54, 1.807) is 25.6 Å². The van der Waals surface area contributed by atoms with Gasteiger partial charge in [0.2, 0.25) is 0 Å². The Labute approximate surface area is 128 Å². The zero-order chi connectivity index (χ0) is 14.1. The number of thiazole rings is 1. The molecule has 2 aromatic rings. The van der Waals surface area contributed by atoms with Gasteiger partial charge in [-0.3, -0.25) is 0 Å². The van der Waals surface area contributed by atoms with Gasteiger partial charge in [0, 0.05) is 22.1 Å². The minimum absolute atomic E-state index is 0.655. The Bertz CT molecular complexity index is 620. The molecule has 20 heavy (non-hydrogen) atoms. The third kappa shape index (κ3) is 2.52. The molecule has 5 heteroatoms. The number of hydrogen-bond acceptors (Lipinski definition) is 5. The smallest absolute Gasteiger partial charge is 0.161 e. The average Bonchev–Trinajstić information content (AvgIpc) is 3.25. The molecule has 0 aliphatic heterocycles. The summed E-state index contributed by atoms with van der Waals surface area (Å²) in [6.07, 6.45) is 2.52. The van der Waals surface area contributed by atoms with Gasteiger partial charge in [-0.25, -0.2) is 4.98 Å². The van der Waals surface area contributed by atoms with Crippen LogP contribution in [-0.4, -0.2) is 19.2 Å². The summed E-state index contributed by atoms with van der Waals surface area (Å²) < 4.78 is 10.6. The molecule has 1 saturated carbocycles. The summed E-state index contributed by atoms with van der Waals surface area (Å²) in [7, 11) is 3.30. The number of nitrogens with zero attached hydrogens (tertiary/aromatic N) is 1. The molecular formula is C15H17NO2S2. The lowest BCUT2D eigenvalue weighted by molar-refractivity contribution is 0.355. The average molecular weight is 307 g/mol. The summed E-state index contributed by atoms with van der Waals surface area (Å²) in [5.41, 5.74) is 2.32. The second-order valence-electron chi connectivity index (χ2n) is 4.83. The molecule has 3 nitrogen and oxygen atoms in total. The Kier molecular flexibility index (Phi) is 3.89. The number of ether oxygens (including phenoxy) is 2. The molecule has 1 aliphatic carbocycles. The van der Waals surface area contributed by atoms with Crippen molar-refractivity contribution in [2.45, 2.75) is 24.5 Å². The second-order valence-corrected chi connectivity index (χ2v) is 6.23. The van der Waals surface area contributed by atoms with Gasteiger partial charge in [-0.2, -0.15) is 12.6 Å². The van der Waals surface area contributed by atoms with Crippen molar-refractivity contribution in [3.63, 3.8) is 0 Å². The van der Waals surface area contributed by atoms with Crippen LogP contribution in [0.4, 0.5) is 0 Å². The minimum atomic E-state index is 0.655. The molecule has 0 radical (unpaired) electrons. The highest BCUT2D eigenvalue weighted by Gasteiger charge is 2.29. The van der Waals surface area contributed by atoms with Gasteiger partial charge in [-0.1, -0.05) is 0 Å². The molecule has 1 heterocycles. The fraction of sp³-hybridized carbons (Fsp3) is 0.400. The van der Waals surface area contributed by atoms with E-state index in [-0.39, 0.29) is 0 Å². The Hall–Kier alpha value is -1.20. The highest BCUT2D eigenvalue weighted by Crippen LogP contribution is 2.45. The zero-order valence-corrected chi connectivity index (χ0v) is 13.3. The van der Waals surface area contributed by atoms with Crippen molar-refractivity contribution in [2.75, 3.05) is 14.2 Å². The van der Waals surface area contributed by atoms with Crippen LogP contribution in [0.2, 0.25) is 0 Å². The van der Waals surface area contributed by atoms with Crippen molar-refractivity contribution in [1.29, 1.82) is 0 Å². The Morgan fingerprint density at radius 3 is 2.60 bits per heavy atom. The predicted molar refractivity (Wildman–Crippen MR) is 85.3 cm³/mol. The highest BCUT2D eigenvalue weighted by molar-refractivity contribution is 7.79. The van der Waals surface area contributed by atoms with Gasteiger partial charge in [0.1, 0.15) is 5.01 Å². The molecule has 0 saturated heterocycles. The molecule has 1 aromatic heterocycles. The lowest BCUT2D eigenvalue weighted by Gasteiger charge is -2.08. The van der Waals surface area contributed by atoms with Gasteiger partial charge in [-0.15, -0.1) is 11.3 Å². The van der Waals surface area contributed by atoms with E-state index in [1.807, 2.05) is 18.2 Å². The van der Waals surface area contributed by atoms with E-state index in [1.165, 1.54) is 23.4 Å². The van der Waals surface area contributed by atoms with Crippen molar-refractivity contribution in [3.8, 4) is 22.1 Å². The molecule has 0 unspecified atom stereocenters. The summed E-state index contributed by atoms with van der Waals surface area (Å²) >= 11 is 6.15. The first-order chi connectivity index (χ1) is 9.76. The van der Waals surface area contributed by atoms with Gasteiger partial charge in [0.05, 0.1) is 19.9 Å². The number of hydrogen-bond donors (Lipinski definition) is 1. The van der Waals surface area contributed by atoms with Crippen LogP contribution in [0.3, 0.4) is 0 Å². The SMILES string of the molecule is COc1ccc(-c2nc(C3CC3)c(CS)s2)cc1OC. The summed E-state index contributed by atoms with van der Waals surface area (Å²) in [4.78, 5) is 6.11. The Morgan fingerprint density at radius 1 is 1.25 bits per heavy atom. The molecule has 0 atom stereocenters. The van der Waals surface area contributed by atoms with Gasteiger partial charge in [-0.05, 0) is 31.0 Å². The molecule has 0 N–H and O–H groups in total. The number of methoxy groups -OCH3 is 2.